The predicted molar refractivity (Wildman–Crippen MR) is 104 cm³/mol. The molecular formula is C20H16N4O2S. The number of hydrogen-bond acceptors (Lipinski definition) is 4. The Morgan fingerprint density at radius 3 is 2.48 bits per heavy atom. The summed E-state index contributed by atoms with van der Waals surface area (Å²) < 4.78 is 23.2. The summed E-state index contributed by atoms with van der Waals surface area (Å²) in [5.74, 6) is 0.664. The summed E-state index contributed by atoms with van der Waals surface area (Å²) in [6, 6.07) is 18.5. The second kappa shape index (κ2) is 5.50. The van der Waals surface area contributed by atoms with Gasteiger partial charge in [-0.2, -0.15) is 0 Å². The van der Waals surface area contributed by atoms with E-state index in [0.29, 0.717) is 16.9 Å². The van der Waals surface area contributed by atoms with Crippen molar-refractivity contribution in [2.45, 2.75) is 10.9 Å². The number of primary sulfonamides is 1. The molecule has 1 atom stereocenters. The molecule has 1 aromatic heterocycles. The zero-order valence-electron chi connectivity index (χ0n) is 14.2. The van der Waals surface area contributed by atoms with Crippen molar-refractivity contribution < 1.29 is 8.42 Å². The molecule has 0 bridgehead atoms. The normalized spacial score (nSPS) is 15.7. The highest BCUT2D eigenvalue weighted by Gasteiger charge is 2.28. The lowest BCUT2D eigenvalue weighted by Crippen LogP contribution is -2.11. The minimum absolute atomic E-state index is 0.0517. The standard InChI is InChI=1S/C20H16N4O2S/c21-19-13-5-2-1-4-12(13)18-14(19)6-3-7-15(18)20-23-16-9-8-11(27(22,25)26)10-17(16)24-20/h1-10,19H,21H2,(H,23,24)(H2,22,25,26)/t19-/m1/s1. The topological polar surface area (TPSA) is 115 Å². The molecule has 0 radical (unpaired) electrons. The largest absolute Gasteiger partial charge is 0.338 e. The zero-order valence-corrected chi connectivity index (χ0v) is 15.0. The van der Waals surface area contributed by atoms with Gasteiger partial charge in [-0.25, -0.2) is 18.5 Å². The van der Waals surface area contributed by atoms with Crippen LogP contribution >= 0.6 is 0 Å². The first-order valence-electron chi connectivity index (χ1n) is 8.44. The van der Waals surface area contributed by atoms with Crippen LogP contribution in [0.4, 0.5) is 0 Å². The second-order valence-corrected chi connectivity index (χ2v) is 8.21. The third-order valence-corrected chi connectivity index (χ3v) is 5.94. The first-order valence-corrected chi connectivity index (χ1v) is 9.99. The SMILES string of the molecule is N[C@@H]1c2ccccc2-c2c(-c3nc4ccc(S(N)(=O)=O)cc4[nH]3)cccc21. The summed E-state index contributed by atoms with van der Waals surface area (Å²) in [7, 11) is -3.77. The van der Waals surface area contributed by atoms with E-state index in [1.165, 1.54) is 12.1 Å². The van der Waals surface area contributed by atoms with Gasteiger partial charge in [0.25, 0.3) is 0 Å². The van der Waals surface area contributed by atoms with Crippen molar-refractivity contribution >= 4 is 21.1 Å². The van der Waals surface area contributed by atoms with Gasteiger partial charge in [0.2, 0.25) is 10.0 Å². The highest BCUT2D eigenvalue weighted by Crippen LogP contribution is 2.46. The molecule has 1 aliphatic rings. The van der Waals surface area contributed by atoms with Gasteiger partial charge in [-0.05, 0) is 40.5 Å². The quantitative estimate of drug-likeness (QED) is 0.499. The Morgan fingerprint density at radius 1 is 0.926 bits per heavy atom. The Balaban J connectivity index is 1.74. The number of rotatable bonds is 2. The lowest BCUT2D eigenvalue weighted by molar-refractivity contribution is 0.598. The molecule has 6 nitrogen and oxygen atoms in total. The monoisotopic (exact) mass is 376 g/mol. The molecule has 0 amide bonds. The van der Waals surface area contributed by atoms with Crippen LogP contribution < -0.4 is 10.9 Å². The first-order chi connectivity index (χ1) is 12.9. The molecule has 0 saturated carbocycles. The highest BCUT2D eigenvalue weighted by atomic mass is 32.2. The number of nitrogens with one attached hydrogen (secondary N) is 1. The van der Waals surface area contributed by atoms with Crippen molar-refractivity contribution in [1.29, 1.82) is 0 Å². The third kappa shape index (κ3) is 2.40. The molecule has 0 saturated heterocycles. The van der Waals surface area contributed by atoms with Crippen molar-refractivity contribution in [3.05, 3.63) is 71.8 Å². The van der Waals surface area contributed by atoms with Crippen molar-refractivity contribution in [1.82, 2.24) is 9.97 Å². The van der Waals surface area contributed by atoms with Crippen LogP contribution in [-0.2, 0) is 10.0 Å². The first kappa shape index (κ1) is 16.2. The number of nitrogens with zero attached hydrogens (tertiary/aromatic N) is 1. The fraction of sp³-hybridized carbons (Fsp3) is 0.0500. The lowest BCUT2D eigenvalue weighted by Gasteiger charge is -2.08. The molecule has 0 spiro atoms. The Bertz CT molecular complexity index is 1330. The maximum Gasteiger partial charge on any atom is 0.238 e. The molecule has 1 aliphatic carbocycles. The molecule has 5 rings (SSSR count). The lowest BCUT2D eigenvalue weighted by atomic mass is 9.99. The van der Waals surface area contributed by atoms with Crippen LogP contribution in [0.2, 0.25) is 0 Å². The Hall–Kier alpha value is -3.00. The number of benzene rings is 3. The molecule has 0 aliphatic heterocycles. The van der Waals surface area contributed by atoms with Crippen LogP contribution in [0.15, 0.2) is 65.6 Å². The van der Waals surface area contributed by atoms with E-state index in [2.05, 4.69) is 16.0 Å². The molecule has 7 heteroatoms. The summed E-state index contributed by atoms with van der Waals surface area (Å²) in [5, 5.41) is 5.23. The zero-order chi connectivity index (χ0) is 18.8. The van der Waals surface area contributed by atoms with Crippen LogP contribution in [0.3, 0.4) is 0 Å². The number of fused-ring (bicyclic) bond motifs is 4. The van der Waals surface area contributed by atoms with E-state index in [0.717, 1.165) is 27.8 Å². The van der Waals surface area contributed by atoms with Gasteiger partial charge in [-0.3, -0.25) is 0 Å². The summed E-state index contributed by atoms with van der Waals surface area (Å²) in [6.07, 6.45) is 0. The van der Waals surface area contributed by atoms with Gasteiger partial charge in [0.15, 0.2) is 0 Å². The van der Waals surface area contributed by atoms with E-state index in [1.807, 2.05) is 36.4 Å². The summed E-state index contributed by atoms with van der Waals surface area (Å²) in [5.41, 5.74) is 13.0. The molecule has 27 heavy (non-hydrogen) atoms. The third-order valence-electron chi connectivity index (χ3n) is 5.03. The highest BCUT2D eigenvalue weighted by molar-refractivity contribution is 7.89. The average molecular weight is 376 g/mol. The van der Waals surface area contributed by atoms with E-state index >= 15 is 0 Å². The summed E-state index contributed by atoms with van der Waals surface area (Å²) >= 11 is 0. The molecule has 134 valence electrons. The minimum atomic E-state index is -3.77. The minimum Gasteiger partial charge on any atom is -0.338 e. The molecule has 0 unspecified atom stereocenters. The number of hydrogen-bond donors (Lipinski definition) is 3. The van der Waals surface area contributed by atoms with Gasteiger partial charge in [0.05, 0.1) is 22.0 Å². The molecule has 1 heterocycles. The molecule has 4 aromatic rings. The number of H-pyrrole nitrogens is 1. The smallest absolute Gasteiger partial charge is 0.238 e. The van der Waals surface area contributed by atoms with E-state index in [-0.39, 0.29) is 10.9 Å². The van der Waals surface area contributed by atoms with Crippen LogP contribution in [0.5, 0.6) is 0 Å². The Kier molecular flexibility index (Phi) is 3.30. The fourth-order valence-corrected chi connectivity index (χ4v) is 4.32. The van der Waals surface area contributed by atoms with Crippen molar-refractivity contribution in [3.8, 4) is 22.5 Å². The van der Waals surface area contributed by atoms with E-state index in [4.69, 9.17) is 10.9 Å². The van der Waals surface area contributed by atoms with Crippen LogP contribution in [-0.4, -0.2) is 18.4 Å². The molecule has 5 N–H and O–H groups in total. The van der Waals surface area contributed by atoms with E-state index < -0.39 is 10.0 Å². The van der Waals surface area contributed by atoms with Crippen molar-refractivity contribution in [3.63, 3.8) is 0 Å². The Morgan fingerprint density at radius 2 is 1.67 bits per heavy atom. The van der Waals surface area contributed by atoms with Crippen LogP contribution in [0, 0.1) is 0 Å². The average Bonchev–Trinajstić information content (AvgIpc) is 3.21. The summed E-state index contributed by atoms with van der Waals surface area (Å²) in [4.78, 5) is 7.93. The number of nitrogens with two attached hydrogens (primary N) is 2. The van der Waals surface area contributed by atoms with E-state index in [1.54, 1.807) is 6.07 Å². The van der Waals surface area contributed by atoms with Gasteiger partial charge in [0.1, 0.15) is 5.82 Å². The number of aromatic nitrogens is 2. The van der Waals surface area contributed by atoms with Gasteiger partial charge >= 0.3 is 0 Å². The van der Waals surface area contributed by atoms with Crippen LogP contribution in [0.25, 0.3) is 33.5 Å². The molecule has 0 fully saturated rings. The van der Waals surface area contributed by atoms with Gasteiger partial charge in [-0.1, -0.05) is 42.5 Å². The fourth-order valence-electron chi connectivity index (χ4n) is 3.78. The predicted octanol–water partition coefficient (Wildman–Crippen LogP) is 2.91. The van der Waals surface area contributed by atoms with Gasteiger partial charge < -0.3 is 10.7 Å². The van der Waals surface area contributed by atoms with Crippen LogP contribution in [0.1, 0.15) is 17.2 Å². The number of imidazole rings is 1. The molecule has 3 aromatic carbocycles. The van der Waals surface area contributed by atoms with Crippen molar-refractivity contribution in [2.24, 2.45) is 10.9 Å². The Labute approximate surface area is 155 Å². The summed E-state index contributed by atoms with van der Waals surface area (Å²) in [6.45, 7) is 0. The van der Waals surface area contributed by atoms with Gasteiger partial charge in [0, 0.05) is 5.56 Å². The van der Waals surface area contributed by atoms with E-state index in [9.17, 15) is 8.42 Å². The maximum absolute atomic E-state index is 11.6. The number of aromatic amines is 1. The van der Waals surface area contributed by atoms with Gasteiger partial charge in [-0.15, -0.1) is 0 Å². The molecular weight excluding hydrogens is 360 g/mol. The number of sulfonamides is 1. The maximum atomic E-state index is 11.6. The van der Waals surface area contributed by atoms with Crippen molar-refractivity contribution in [2.75, 3.05) is 0 Å². The second-order valence-electron chi connectivity index (χ2n) is 6.64.